The highest BCUT2D eigenvalue weighted by atomic mass is 15.1. The minimum atomic E-state index is 1.07. The molecular formula is C28H33N. The van der Waals surface area contributed by atoms with Crippen LogP contribution in [0.5, 0.6) is 0 Å². The lowest BCUT2D eigenvalue weighted by Gasteiger charge is -2.28. The highest BCUT2D eigenvalue weighted by Crippen LogP contribution is 2.33. The van der Waals surface area contributed by atoms with Crippen LogP contribution in [0.25, 0.3) is 6.08 Å². The summed E-state index contributed by atoms with van der Waals surface area (Å²) in [6, 6.07) is 32.1. The number of anilines is 2. The molecule has 1 nitrogen and oxygen atoms in total. The highest BCUT2D eigenvalue weighted by Gasteiger charge is 2.14. The van der Waals surface area contributed by atoms with Crippen LogP contribution in [0.15, 0.2) is 96.7 Å². The fourth-order valence-electron chi connectivity index (χ4n) is 3.71. The van der Waals surface area contributed by atoms with E-state index in [2.05, 4.69) is 109 Å². The molecule has 0 aliphatic heterocycles. The molecule has 0 unspecified atom stereocenters. The Labute approximate surface area is 176 Å². The van der Waals surface area contributed by atoms with Gasteiger partial charge in [0.05, 0.1) is 0 Å². The van der Waals surface area contributed by atoms with E-state index in [9.17, 15) is 0 Å². The van der Waals surface area contributed by atoms with E-state index in [4.69, 9.17) is 0 Å². The predicted octanol–water partition coefficient (Wildman–Crippen LogP) is 8.62. The van der Waals surface area contributed by atoms with E-state index in [0.29, 0.717) is 0 Å². The van der Waals surface area contributed by atoms with Gasteiger partial charge in [-0.25, -0.2) is 0 Å². The second kappa shape index (κ2) is 11.9. The van der Waals surface area contributed by atoms with Gasteiger partial charge in [0.2, 0.25) is 0 Å². The highest BCUT2D eigenvalue weighted by molar-refractivity contribution is 5.72. The third kappa shape index (κ3) is 6.64. The Bertz CT molecular complexity index is 798. The van der Waals surface area contributed by atoms with Crippen LogP contribution in [-0.2, 0) is 0 Å². The summed E-state index contributed by atoms with van der Waals surface area (Å²) in [5.74, 6) is 0. The quantitative estimate of drug-likeness (QED) is 0.299. The lowest BCUT2D eigenvalue weighted by molar-refractivity contribution is 0.605. The molecule has 0 heterocycles. The predicted molar refractivity (Wildman–Crippen MR) is 127 cm³/mol. The van der Waals surface area contributed by atoms with Gasteiger partial charge in [0.25, 0.3) is 0 Å². The van der Waals surface area contributed by atoms with Crippen molar-refractivity contribution in [3.63, 3.8) is 0 Å². The van der Waals surface area contributed by atoms with Crippen LogP contribution >= 0.6 is 0 Å². The molecule has 3 aromatic rings. The van der Waals surface area contributed by atoms with Crippen LogP contribution in [0.4, 0.5) is 11.4 Å². The summed E-state index contributed by atoms with van der Waals surface area (Å²) in [4.78, 5) is 2.42. The Morgan fingerprint density at radius 2 is 1.10 bits per heavy atom. The SMILES string of the molecule is CCCCCCCCC(=Cc1ccccc1)N(c1ccccc1)c1ccccc1. The van der Waals surface area contributed by atoms with Gasteiger partial charge in [-0.15, -0.1) is 0 Å². The summed E-state index contributed by atoms with van der Waals surface area (Å²) in [7, 11) is 0. The molecule has 0 fully saturated rings. The van der Waals surface area contributed by atoms with Crippen LogP contribution in [0, 0.1) is 0 Å². The van der Waals surface area contributed by atoms with Crippen molar-refractivity contribution in [3.05, 3.63) is 102 Å². The molecule has 0 saturated heterocycles. The molecule has 0 bridgehead atoms. The van der Waals surface area contributed by atoms with Crippen molar-refractivity contribution in [3.8, 4) is 0 Å². The lowest BCUT2D eigenvalue weighted by Crippen LogP contribution is -2.16. The standard InChI is InChI=1S/C28H33N/c1-2-3-4-5-6-12-23-28(24-25-17-10-7-11-18-25)29(26-19-13-8-14-20-26)27-21-15-9-16-22-27/h7-11,13-22,24H,2-6,12,23H2,1H3. The van der Waals surface area contributed by atoms with E-state index in [0.717, 1.165) is 6.42 Å². The first kappa shape index (κ1) is 20.9. The first-order valence-electron chi connectivity index (χ1n) is 11.0. The molecule has 0 saturated carbocycles. The summed E-state index contributed by atoms with van der Waals surface area (Å²) in [5.41, 5.74) is 5.04. The summed E-state index contributed by atoms with van der Waals surface area (Å²) in [6.45, 7) is 2.28. The van der Waals surface area contributed by atoms with E-state index in [1.807, 2.05) is 0 Å². The lowest BCUT2D eigenvalue weighted by atomic mass is 10.0. The number of hydrogen-bond donors (Lipinski definition) is 0. The molecule has 3 aromatic carbocycles. The van der Waals surface area contributed by atoms with Gasteiger partial charge in [-0.2, -0.15) is 0 Å². The second-order valence-electron chi connectivity index (χ2n) is 7.57. The summed E-state index contributed by atoms with van der Waals surface area (Å²) in [5, 5.41) is 0. The Morgan fingerprint density at radius 1 is 0.621 bits per heavy atom. The first-order chi connectivity index (χ1) is 14.4. The van der Waals surface area contributed by atoms with Gasteiger partial charge in [-0.1, -0.05) is 106 Å². The molecular weight excluding hydrogens is 350 g/mol. The molecule has 0 atom stereocenters. The molecule has 0 aliphatic rings. The summed E-state index contributed by atoms with van der Waals surface area (Å²) < 4.78 is 0. The Kier molecular flexibility index (Phi) is 8.59. The Balaban J connectivity index is 1.89. The topological polar surface area (TPSA) is 3.24 Å². The van der Waals surface area contributed by atoms with E-state index in [-0.39, 0.29) is 0 Å². The largest absolute Gasteiger partial charge is 0.314 e. The number of nitrogens with zero attached hydrogens (tertiary/aromatic N) is 1. The minimum Gasteiger partial charge on any atom is -0.314 e. The monoisotopic (exact) mass is 383 g/mol. The van der Waals surface area contributed by atoms with E-state index < -0.39 is 0 Å². The van der Waals surface area contributed by atoms with Crippen molar-refractivity contribution in [2.75, 3.05) is 4.90 Å². The smallest absolute Gasteiger partial charge is 0.0458 e. The van der Waals surface area contributed by atoms with Gasteiger partial charge in [0, 0.05) is 17.1 Å². The number of hydrogen-bond acceptors (Lipinski definition) is 1. The molecule has 0 aromatic heterocycles. The first-order valence-corrected chi connectivity index (χ1v) is 11.0. The second-order valence-corrected chi connectivity index (χ2v) is 7.57. The van der Waals surface area contributed by atoms with Crippen LogP contribution < -0.4 is 4.90 Å². The third-order valence-corrected chi connectivity index (χ3v) is 5.24. The third-order valence-electron chi connectivity index (χ3n) is 5.24. The maximum atomic E-state index is 2.42. The molecule has 150 valence electrons. The number of allylic oxidation sites excluding steroid dienone is 1. The van der Waals surface area contributed by atoms with Crippen LogP contribution in [0.1, 0.15) is 57.4 Å². The van der Waals surface area contributed by atoms with Crippen LogP contribution in [0.3, 0.4) is 0 Å². The number of benzene rings is 3. The molecule has 29 heavy (non-hydrogen) atoms. The van der Waals surface area contributed by atoms with E-state index >= 15 is 0 Å². The van der Waals surface area contributed by atoms with Gasteiger partial charge in [0.1, 0.15) is 0 Å². The number of para-hydroxylation sites is 2. The van der Waals surface area contributed by atoms with E-state index in [1.165, 1.54) is 61.2 Å². The zero-order valence-electron chi connectivity index (χ0n) is 17.6. The average molecular weight is 384 g/mol. The molecule has 1 heteroatoms. The maximum Gasteiger partial charge on any atom is 0.0458 e. The Hall–Kier alpha value is -2.80. The van der Waals surface area contributed by atoms with Gasteiger partial charge in [-0.05, 0) is 48.7 Å². The summed E-state index contributed by atoms with van der Waals surface area (Å²) in [6.07, 6.45) is 11.3. The van der Waals surface area contributed by atoms with Gasteiger partial charge in [-0.3, -0.25) is 0 Å². The van der Waals surface area contributed by atoms with Crippen molar-refractivity contribution in [1.82, 2.24) is 0 Å². The molecule has 0 amide bonds. The van der Waals surface area contributed by atoms with E-state index in [1.54, 1.807) is 0 Å². The molecule has 0 aliphatic carbocycles. The van der Waals surface area contributed by atoms with Crippen molar-refractivity contribution in [2.24, 2.45) is 0 Å². The van der Waals surface area contributed by atoms with Gasteiger partial charge < -0.3 is 4.90 Å². The average Bonchev–Trinajstić information content (AvgIpc) is 2.78. The van der Waals surface area contributed by atoms with Crippen molar-refractivity contribution in [2.45, 2.75) is 51.9 Å². The fraction of sp³-hybridized carbons (Fsp3) is 0.286. The summed E-state index contributed by atoms with van der Waals surface area (Å²) >= 11 is 0. The minimum absolute atomic E-state index is 1.07. The Morgan fingerprint density at radius 3 is 1.66 bits per heavy atom. The van der Waals surface area contributed by atoms with Crippen molar-refractivity contribution < 1.29 is 0 Å². The molecule has 3 rings (SSSR count). The number of unbranched alkanes of at least 4 members (excludes halogenated alkanes) is 5. The molecule has 0 spiro atoms. The number of rotatable bonds is 11. The van der Waals surface area contributed by atoms with Gasteiger partial charge in [0.15, 0.2) is 0 Å². The normalized spacial score (nSPS) is 11.4. The zero-order chi connectivity index (χ0) is 20.2. The maximum absolute atomic E-state index is 2.42. The van der Waals surface area contributed by atoms with Gasteiger partial charge >= 0.3 is 0 Å². The van der Waals surface area contributed by atoms with Crippen molar-refractivity contribution >= 4 is 17.5 Å². The van der Waals surface area contributed by atoms with Crippen LogP contribution in [-0.4, -0.2) is 0 Å². The molecule has 0 N–H and O–H groups in total. The van der Waals surface area contributed by atoms with Crippen molar-refractivity contribution in [1.29, 1.82) is 0 Å². The fourth-order valence-corrected chi connectivity index (χ4v) is 3.71. The zero-order valence-corrected chi connectivity index (χ0v) is 17.6. The molecule has 0 radical (unpaired) electrons. The van der Waals surface area contributed by atoms with Crippen LogP contribution in [0.2, 0.25) is 0 Å².